The highest BCUT2D eigenvalue weighted by Gasteiger charge is 2.36. The van der Waals surface area contributed by atoms with E-state index >= 15 is 0 Å². The summed E-state index contributed by atoms with van der Waals surface area (Å²) in [5.41, 5.74) is 12.9. The van der Waals surface area contributed by atoms with Gasteiger partial charge in [-0.15, -0.1) is 0 Å². The average molecular weight is 601 g/mol. The highest BCUT2D eigenvalue weighted by molar-refractivity contribution is 6.07. The maximum atomic E-state index is 5.25. The lowest BCUT2D eigenvalue weighted by molar-refractivity contribution is 0.660. The molecule has 2 heteroatoms. The predicted octanol–water partition coefficient (Wildman–Crippen LogP) is 11.8. The van der Waals surface area contributed by atoms with Gasteiger partial charge in [-0.1, -0.05) is 153 Å². The number of hydrogen-bond donors (Lipinski definition) is 0. The summed E-state index contributed by atoms with van der Waals surface area (Å²) < 4.78 is 0. The van der Waals surface area contributed by atoms with Crippen molar-refractivity contribution < 1.29 is 0 Å². The van der Waals surface area contributed by atoms with Gasteiger partial charge in [0.2, 0.25) is 0 Å². The maximum Gasteiger partial charge on any atom is 0.161 e. The third-order valence-electron chi connectivity index (χ3n) is 9.90. The summed E-state index contributed by atoms with van der Waals surface area (Å²) in [4.78, 5) is 10.5. The molecule has 47 heavy (non-hydrogen) atoms. The van der Waals surface area contributed by atoms with E-state index < -0.39 is 0 Å². The Kier molecular flexibility index (Phi) is 6.20. The van der Waals surface area contributed by atoms with Gasteiger partial charge in [-0.3, -0.25) is 0 Å². The monoisotopic (exact) mass is 600 g/mol. The van der Waals surface area contributed by atoms with Gasteiger partial charge in [0.05, 0.1) is 11.4 Å². The van der Waals surface area contributed by atoms with Gasteiger partial charge in [-0.25, -0.2) is 9.97 Å². The molecule has 0 fully saturated rings. The number of nitrogens with zero attached hydrogens (tertiary/aromatic N) is 2. The quantitative estimate of drug-likeness (QED) is 0.201. The fourth-order valence-corrected chi connectivity index (χ4v) is 7.53. The van der Waals surface area contributed by atoms with Crippen molar-refractivity contribution in [2.45, 2.75) is 19.3 Å². The van der Waals surface area contributed by atoms with Crippen LogP contribution in [0.4, 0.5) is 0 Å². The molecular weight excluding hydrogens is 569 g/mol. The zero-order valence-corrected chi connectivity index (χ0v) is 26.4. The van der Waals surface area contributed by atoms with Crippen LogP contribution >= 0.6 is 0 Å². The molecule has 1 heterocycles. The first-order valence-electron chi connectivity index (χ1n) is 16.3. The lowest BCUT2D eigenvalue weighted by atomic mass is 9.81. The van der Waals surface area contributed by atoms with Crippen molar-refractivity contribution in [3.63, 3.8) is 0 Å². The fourth-order valence-electron chi connectivity index (χ4n) is 7.53. The van der Waals surface area contributed by atoms with Crippen LogP contribution in [0.3, 0.4) is 0 Å². The summed E-state index contributed by atoms with van der Waals surface area (Å²) in [6, 6.07) is 56.4. The molecule has 222 valence electrons. The Labute approximate surface area is 275 Å². The molecule has 0 amide bonds. The van der Waals surface area contributed by atoms with Gasteiger partial charge < -0.3 is 0 Å². The van der Waals surface area contributed by atoms with E-state index in [9.17, 15) is 0 Å². The van der Waals surface area contributed by atoms with E-state index in [2.05, 4.69) is 166 Å². The number of hydrogen-bond acceptors (Lipinski definition) is 2. The molecular formula is C45H32N2. The Balaban J connectivity index is 1.26. The number of rotatable bonds is 4. The van der Waals surface area contributed by atoms with Crippen LogP contribution in [-0.2, 0) is 5.41 Å². The minimum absolute atomic E-state index is 0.0530. The van der Waals surface area contributed by atoms with Crippen molar-refractivity contribution in [2.24, 2.45) is 0 Å². The number of aromatic nitrogens is 2. The van der Waals surface area contributed by atoms with Gasteiger partial charge in [0.1, 0.15) is 0 Å². The largest absolute Gasteiger partial charge is 0.228 e. The van der Waals surface area contributed by atoms with E-state index in [0.717, 1.165) is 39.3 Å². The van der Waals surface area contributed by atoms with Crippen LogP contribution in [0.25, 0.3) is 77.7 Å². The summed E-state index contributed by atoms with van der Waals surface area (Å²) in [6.07, 6.45) is 0. The van der Waals surface area contributed by atoms with Gasteiger partial charge in [0, 0.05) is 22.1 Å². The molecule has 0 aliphatic heterocycles. The van der Waals surface area contributed by atoms with Crippen molar-refractivity contribution in [1.29, 1.82) is 0 Å². The third kappa shape index (κ3) is 4.40. The molecule has 8 aromatic rings. The maximum absolute atomic E-state index is 5.25. The van der Waals surface area contributed by atoms with Crippen LogP contribution in [0.1, 0.15) is 25.0 Å². The van der Waals surface area contributed by atoms with Gasteiger partial charge in [0.25, 0.3) is 0 Å². The van der Waals surface area contributed by atoms with Gasteiger partial charge >= 0.3 is 0 Å². The normalized spacial score (nSPS) is 13.1. The average Bonchev–Trinajstić information content (AvgIpc) is 3.37. The molecule has 0 N–H and O–H groups in total. The smallest absolute Gasteiger partial charge is 0.161 e. The van der Waals surface area contributed by atoms with E-state index in [0.29, 0.717) is 0 Å². The SMILES string of the molecule is CC1(C)c2ccccc2-c2c(-c3ccc(-c4nc(-c5ccccc5)cc(-c5ccc6ccccc6c5)n4)c4ccccc34)cccc21. The fraction of sp³-hybridized carbons (Fsp3) is 0.0667. The van der Waals surface area contributed by atoms with E-state index in [1.807, 2.05) is 6.07 Å². The summed E-state index contributed by atoms with van der Waals surface area (Å²) >= 11 is 0. The zero-order chi connectivity index (χ0) is 31.5. The summed E-state index contributed by atoms with van der Waals surface area (Å²) in [7, 11) is 0. The van der Waals surface area contributed by atoms with Crippen molar-refractivity contribution in [1.82, 2.24) is 9.97 Å². The molecule has 0 radical (unpaired) electrons. The Hall–Kier alpha value is -5.86. The molecule has 0 saturated carbocycles. The van der Waals surface area contributed by atoms with Crippen molar-refractivity contribution in [3.8, 4) is 56.2 Å². The molecule has 2 nitrogen and oxygen atoms in total. The van der Waals surface area contributed by atoms with Crippen LogP contribution in [0.15, 0.2) is 158 Å². The lowest BCUT2D eigenvalue weighted by Gasteiger charge is -2.21. The van der Waals surface area contributed by atoms with E-state index in [1.165, 1.54) is 49.5 Å². The van der Waals surface area contributed by atoms with Gasteiger partial charge in [-0.05, 0) is 73.1 Å². The predicted molar refractivity (Wildman–Crippen MR) is 196 cm³/mol. The van der Waals surface area contributed by atoms with Crippen LogP contribution in [-0.4, -0.2) is 9.97 Å². The summed E-state index contributed by atoms with van der Waals surface area (Å²) in [5.74, 6) is 0.724. The molecule has 1 aliphatic rings. The minimum atomic E-state index is -0.0530. The van der Waals surface area contributed by atoms with Crippen LogP contribution in [0, 0.1) is 0 Å². The second-order valence-electron chi connectivity index (χ2n) is 13.0. The first kappa shape index (κ1) is 27.5. The molecule has 0 bridgehead atoms. The standard InChI is InChI=1S/C45H32N2/c1-45(2)39-21-11-10-19-38(39)43-36(20-12-22-40(43)45)35-25-26-37(34-18-9-8-17-33(34)35)44-46-41(30-14-4-3-5-15-30)28-42(47-44)32-24-23-29-13-6-7-16-31(29)27-32/h3-28H,1-2H3. The minimum Gasteiger partial charge on any atom is -0.228 e. The zero-order valence-electron chi connectivity index (χ0n) is 26.4. The van der Waals surface area contributed by atoms with Crippen molar-refractivity contribution in [3.05, 3.63) is 169 Å². The topological polar surface area (TPSA) is 25.8 Å². The molecule has 1 aliphatic carbocycles. The third-order valence-corrected chi connectivity index (χ3v) is 9.90. The van der Waals surface area contributed by atoms with Crippen molar-refractivity contribution >= 4 is 21.5 Å². The molecule has 9 rings (SSSR count). The molecule has 0 saturated heterocycles. The second-order valence-corrected chi connectivity index (χ2v) is 13.0. The Bertz CT molecular complexity index is 2490. The Morgan fingerprint density at radius 2 is 1.02 bits per heavy atom. The first-order chi connectivity index (χ1) is 23.1. The highest BCUT2D eigenvalue weighted by Crippen LogP contribution is 2.52. The van der Waals surface area contributed by atoms with E-state index in [4.69, 9.17) is 9.97 Å². The molecule has 0 atom stereocenters. The Morgan fingerprint density at radius 1 is 0.404 bits per heavy atom. The molecule has 7 aromatic carbocycles. The molecule has 0 unspecified atom stereocenters. The van der Waals surface area contributed by atoms with Crippen LogP contribution in [0.5, 0.6) is 0 Å². The summed E-state index contributed by atoms with van der Waals surface area (Å²) in [5, 5.41) is 4.75. The lowest BCUT2D eigenvalue weighted by Crippen LogP contribution is -2.14. The first-order valence-corrected chi connectivity index (χ1v) is 16.3. The van der Waals surface area contributed by atoms with Crippen LogP contribution in [0.2, 0.25) is 0 Å². The number of benzene rings is 7. The summed E-state index contributed by atoms with van der Waals surface area (Å²) in [6.45, 7) is 4.68. The molecule has 1 aromatic heterocycles. The van der Waals surface area contributed by atoms with Crippen molar-refractivity contribution in [2.75, 3.05) is 0 Å². The molecule has 0 spiro atoms. The van der Waals surface area contributed by atoms with Gasteiger partial charge in [0.15, 0.2) is 5.82 Å². The van der Waals surface area contributed by atoms with E-state index in [1.54, 1.807) is 0 Å². The second kappa shape index (κ2) is 10.6. The van der Waals surface area contributed by atoms with E-state index in [-0.39, 0.29) is 5.41 Å². The highest BCUT2D eigenvalue weighted by atomic mass is 14.9. The van der Waals surface area contributed by atoms with Gasteiger partial charge in [-0.2, -0.15) is 0 Å². The Morgan fingerprint density at radius 3 is 1.85 bits per heavy atom. The van der Waals surface area contributed by atoms with Crippen LogP contribution < -0.4 is 0 Å². The number of fused-ring (bicyclic) bond motifs is 5.